The van der Waals surface area contributed by atoms with Crippen LogP contribution in [0, 0.1) is 6.92 Å². The molecule has 1 N–H and O–H groups in total. The number of amides is 2. The first kappa shape index (κ1) is 16.4. The lowest BCUT2D eigenvalue weighted by Gasteiger charge is -2.32. The number of aromatic nitrogens is 3. The highest BCUT2D eigenvalue weighted by Crippen LogP contribution is 2.19. The second-order valence-electron chi connectivity index (χ2n) is 6.08. The summed E-state index contributed by atoms with van der Waals surface area (Å²) in [6, 6.07) is 8.28. The fourth-order valence-electron chi connectivity index (χ4n) is 2.87. The zero-order valence-corrected chi connectivity index (χ0v) is 14.1. The van der Waals surface area contributed by atoms with Crippen LogP contribution in [-0.4, -0.2) is 51.9 Å². The Morgan fingerprint density at radius 1 is 1.46 bits per heavy atom. The van der Waals surface area contributed by atoms with E-state index in [4.69, 9.17) is 4.74 Å². The smallest absolute Gasteiger partial charge is 0.317 e. The van der Waals surface area contributed by atoms with Crippen LogP contribution in [0.2, 0.25) is 0 Å². The summed E-state index contributed by atoms with van der Waals surface area (Å²) >= 11 is 0. The monoisotopic (exact) mass is 329 g/mol. The molecule has 0 saturated carbocycles. The molecule has 24 heavy (non-hydrogen) atoms. The molecule has 1 aliphatic heterocycles. The molecule has 7 heteroatoms. The number of carbonyl (C=O) groups excluding carboxylic acids is 1. The number of urea groups is 1. The molecule has 2 aromatic rings. The Balaban J connectivity index is 1.50. The van der Waals surface area contributed by atoms with E-state index in [0.717, 1.165) is 12.2 Å². The van der Waals surface area contributed by atoms with Crippen LogP contribution in [0.25, 0.3) is 0 Å². The molecule has 0 unspecified atom stereocenters. The van der Waals surface area contributed by atoms with Crippen molar-refractivity contribution in [1.82, 2.24) is 25.0 Å². The van der Waals surface area contributed by atoms with Gasteiger partial charge in [-0.15, -0.1) is 10.2 Å². The lowest BCUT2D eigenvalue weighted by atomic mass is 10.1. The lowest BCUT2D eigenvalue weighted by molar-refractivity contribution is -0.0214. The van der Waals surface area contributed by atoms with Crippen molar-refractivity contribution < 1.29 is 9.53 Å². The second-order valence-corrected chi connectivity index (χ2v) is 6.08. The van der Waals surface area contributed by atoms with Crippen molar-refractivity contribution in [1.29, 1.82) is 0 Å². The van der Waals surface area contributed by atoms with E-state index in [9.17, 15) is 4.79 Å². The lowest BCUT2D eigenvalue weighted by Crippen LogP contribution is -2.47. The van der Waals surface area contributed by atoms with Crippen LogP contribution in [0.5, 0.6) is 0 Å². The number of nitrogens with one attached hydrogen (secondary N) is 1. The fourth-order valence-corrected chi connectivity index (χ4v) is 2.87. The zero-order valence-electron chi connectivity index (χ0n) is 14.1. The van der Waals surface area contributed by atoms with E-state index < -0.39 is 0 Å². The van der Waals surface area contributed by atoms with Crippen LogP contribution < -0.4 is 5.32 Å². The van der Waals surface area contributed by atoms with Crippen LogP contribution in [-0.2, 0) is 18.2 Å². The molecule has 0 bridgehead atoms. The highest BCUT2D eigenvalue weighted by atomic mass is 16.5. The molecule has 3 rings (SSSR count). The van der Waals surface area contributed by atoms with Gasteiger partial charge in [0.15, 0.2) is 5.82 Å². The Bertz CT molecular complexity index is 700. The summed E-state index contributed by atoms with van der Waals surface area (Å²) in [4.78, 5) is 14.1. The van der Waals surface area contributed by atoms with E-state index in [-0.39, 0.29) is 12.1 Å². The summed E-state index contributed by atoms with van der Waals surface area (Å²) in [6.07, 6.45) is 2.23. The van der Waals surface area contributed by atoms with E-state index in [1.807, 2.05) is 17.7 Å². The minimum absolute atomic E-state index is 0.0573. The summed E-state index contributed by atoms with van der Waals surface area (Å²) in [5.74, 6) is 0.743. The Labute approximate surface area is 141 Å². The minimum atomic E-state index is -0.228. The number of ether oxygens (including phenoxy) is 1. The molecule has 1 aromatic carbocycles. The number of morpholine rings is 1. The van der Waals surface area contributed by atoms with E-state index in [0.29, 0.717) is 26.2 Å². The molecule has 2 heterocycles. The summed E-state index contributed by atoms with van der Waals surface area (Å²) in [7, 11) is 1.87. The Hall–Kier alpha value is -2.41. The first-order valence-corrected chi connectivity index (χ1v) is 8.17. The third-order valence-corrected chi connectivity index (χ3v) is 4.16. The maximum atomic E-state index is 12.4. The Kier molecular flexibility index (Phi) is 5.10. The van der Waals surface area contributed by atoms with E-state index >= 15 is 0 Å². The van der Waals surface area contributed by atoms with Crippen molar-refractivity contribution in [2.75, 3.05) is 26.2 Å². The minimum Gasteiger partial charge on any atom is -0.366 e. The van der Waals surface area contributed by atoms with E-state index in [1.54, 1.807) is 11.2 Å². The van der Waals surface area contributed by atoms with Gasteiger partial charge in [-0.3, -0.25) is 0 Å². The number of nitrogens with zero attached hydrogens (tertiary/aromatic N) is 4. The SMILES string of the molecule is Cc1cccc(CCNC(=O)N2CCO[C@H](c3nncn3C)C2)c1. The van der Waals surface area contributed by atoms with Crippen molar-refractivity contribution in [3.8, 4) is 0 Å². The maximum Gasteiger partial charge on any atom is 0.317 e. The number of hydrogen-bond donors (Lipinski definition) is 1. The summed E-state index contributed by atoms with van der Waals surface area (Å²) in [6.45, 7) is 4.27. The predicted octanol–water partition coefficient (Wildman–Crippen LogP) is 1.45. The topological polar surface area (TPSA) is 72.3 Å². The zero-order chi connectivity index (χ0) is 16.9. The molecule has 0 radical (unpaired) electrons. The largest absolute Gasteiger partial charge is 0.366 e. The average Bonchev–Trinajstić information content (AvgIpc) is 3.01. The molecule has 1 saturated heterocycles. The third-order valence-electron chi connectivity index (χ3n) is 4.16. The van der Waals surface area contributed by atoms with Gasteiger partial charge in [-0.25, -0.2) is 4.79 Å². The molecule has 2 amide bonds. The highest BCUT2D eigenvalue weighted by molar-refractivity contribution is 5.74. The molecule has 1 fully saturated rings. The fraction of sp³-hybridized carbons (Fsp3) is 0.471. The van der Waals surface area contributed by atoms with Gasteiger partial charge in [0.05, 0.1) is 13.2 Å². The van der Waals surface area contributed by atoms with Gasteiger partial charge >= 0.3 is 6.03 Å². The van der Waals surface area contributed by atoms with Gasteiger partial charge < -0.3 is 19.5 Å². The summed E-state index contributed by atoms with van der Waals surface area (Å²) in [5, 5.41) is 10.9. The third kappa shape index (κ3) is 3.91. The van der Waals surface area contributed by atoms with Gasteiger partial charge in [0.1, 0.15) is 12.4 Å². The van der Waals surface area contributed by atoms with Gasteiger partial charge in [-0.2, -0.15) is 0 Å². The molecular weight excluding hydrogens is 306 g/mol. The molecule has 7 nitrogen and oxygen atoms in total. The van der Waals surface area contributed by atoms with Crippen molar-refractivity contribution in [3.63, 3.8) is 0 Å². The maximum absolute atomic E-state index is 12.4. The van der Waals surface area contributed by atoms with Crippen LogP contribution in [0.3, 0.4) is 0 Å². The number of benzene rings is 1. The summed E-state index contributed by atoms with van der Waals surface area (Å²) in [5.41, 5.74) is 2.47. The number of carbonyl (C=O) groups is 1. The first-order valence-electron chi connectivity index (χ1n) is 8.17. The number of aryl methyl sites for hydroxylation is 2. The first-order chi connectivity index (χ1) is 11.6. The predicted molar refractivity (Wildman–Crippen MR) is 89.6 cm³/mol. The van der Waals surface area contributed by atoms with Crippen LogP contribution >= 0.6 is 0 Å². The number of rotatable bonds is 4. The normalized spacial score (nSPS) is 17.8. The molecule has 0 aliphatic carbocycles. The Morgan fingerprint density at radius 3 is 3.08 bits per heavy atom. The van der Waals surface area contributed by atoms with Crippen LogP contribution in [0.1, 0.15) is 23.1 Å². The molecule has 1 aromatic heterocycles. The van der Waals surface area contributed by atoms with E-state index in [1.165, 1.54) is 11.1 Å². The average molecular weight is 329 g/mol. The molecule has 1 aliphatic rings. The molecule has 0 spiro atoms. The standard InChI is InChI=1S/C17H23N5O2/c1-13-4-3-5-14(10-13)6-7-18-17(23)22-8-9-24-15(11-22)16-20-19-12-21(16)2/h3-5,10,12,15H,6-9,11H2,1-2H3,(H,18,23)/t15-/m0/s1. The quantitative estimate of drug-likeness (QED) is 0.921. The van der Waals surface area contributed by atoms with Gasteiger partial charge in [0.25, 0.3) is 0 Å². The second kappa shape index (κ2) is 7.44. The van der Waals surface area contributed by atoms with Gasteiger partial charge in [0, 0.05) is 20.1 Å². The van der Waals surface area contributed by atoms with E-state index in [2.05, 4.69) is 40.6 Å². The molecular formula is C17H23N5O2. The van der Waals surface area contributed by atoms with Crippen molar-refractivity contribution in [2.24, 2.45) is 7.05 Å². The molecule has 1 atom stereocenters. The van der Waals surface area contributed by atoms with Gasteiger partial charge in [0.2, 0.25) is 0 Å². The van der Waals surface area contributed by atoms with Crippen LogP contribution in [0.4, 0.5) is 4.79 Å². The van der Waals surface area contributed by atoms with Crippen molar-refractivity contribution in [3.05, 3.63) is 47.5 Å². The van der Waals surface area contributed by atoms with Crippen molar-refractivity contribution >= 4 is 6.03 Å². The van der Waals surface area contributed by atoms with Crippen molar-refractivity contribution in [2.45, 2.75) is 19.4 Å². The summed E-state index contributed by atoms with van der Waals surface area (Å²) < 4.78 is 7.55. The Morgan fingerprint density at radius 2 is 2.33 bits per heavy atom. The molecule has 128 valence electrons. The number of hydrogen-bond acceptors (Lipinski definition) is 4. The van der Waals surface area contributed by atoms with Gasteiger partial charge in [-0.05, 0) is 18.9 Å². The van der Waals surface area contributed by atoms with Crippen LogP contribution in [0.15, 0.2) is 30.6 Å². The van der Waals surface area contributed by atoms with Gasteiger partial charge in [-0.1, -0.05) is 29.8 Å². The highest BCUT2D eigenvalue weighted by Gasteiger charge is 2.28.